The molecule has 7 heteroatoms. The molecule has 0 aromatic heterocycles. The van der Waals surface area contributed by atoms with Crippen LogP contribution in [0.1, 0.15) is 12.8 Å². The SMILES string of the molecule is O=C(O)C1(C(=O)NCC(F)(F)F)CC1. The Kier molecular flexibility index (Phi) is 2.43. The summed E-state index contributed by atoms with van der Waals surface area (Å²) in [6.07, 6.45) is -4.30. The van der Waals surface area contributed by atoms with E-state index in [1.54, 1.807) is 5.32 Å². The summed E-state index contributed by atoms with van der Waals surface area (Å²) in [6.45, 7) is -1.49. The lowest BCUT2D eigenvalue weighted by Crippen LogP contribution is -2.41. The van der Waals surface area contributed by atoms with Crippen LogP contribution in [0.2, 0.25) is 0 Å². The lowest BCUT2D eigenvalue weighted by atomic mass is 10.1. The third-order valence-electron chi connectivity index (χ3n) is 2.04. The van der Waals surface area contributed by atoms with Crippen molar-refractivity contribution in [3.05, 3.63) is 0 Å². The molecule has 2 N–H and O–H groups in total. The van der Waals surface area contributed by atoms with Gasteiger partial charge in [-0.2, -0.15) is 13.2 Å². The number of carbonyl (C=O) groups excluding carboxylic acids is 1. The zero-order chi connectivity index (χ0) is 11.0. The fourth-order valence-corrected chi connectivity index (χ4v) is 1.01. The maximum absolute atomic E-state index is 11.7. The second-order valence-corrected chi connectivity index (χ2v) is 3.19. The fourth-order valence-electron chi connectivity index (χ4n) is 1.01. The lowest BCUT2D eigenvalue weighted by molar-refractivity contribution is -0.153. The molecule has 0 spiro atoms. The number of aliphatic carboxylic acids is 1. The molecule has 0 atom stereocenters. The first-order chi connectivity index (χ1) is 6.28. The third-order valence-corrected chi connectivity index (χ3v) is 2.04. The second-order valence-electron chi connectivity index (χ2n) is 3.19. The van der Waals surface area contributed by atoms with Crippen LogP contribution in [-0.4, -0.2) is 29.7 Å². The predicted octanol–water partition coefficient (Wildman–Crippen LogP) is 0.530. The number of hydrogen-bond acceptors (Lipinski definition) is 2. The minimum atomic E-state index is -4.51. The van der Waals surface area contributed by atoms with Crippen molar-refractivity contribution in [1.82, 2.24) is 5.32 Å². The van der Waals surface area contributed by atoms with Gasteiger partial charge >= 0.3 is 12.1 Å². The number of carbonyl (C=O) groups is 2. The van der Waals surface area contributed by atoms with Gasteiger partial charge in [-0.1, -0.05) is 0 Å². The van der Waals surface area contributed by atoms with Crippen LogP contribution in [0.25, 0.3) is 0 Å². The van der Waals surface area contributed by atoms with E-state index in [-0.39, 0.29) is 12.8 Å². The summed E-state index contributed by atoms with van der Waals surface area (Å²) in [5.74, 6) is -2.42. The molecule has 0 unspecified atom stereocenters. The number of halogens is 3. The minimum absolute atomic E-state index is 0.103. The van der Waals surface area contributed by atoms with E-state index in [0.29, 0.717) is 0 Å². The van der Waals surface area contributed by atoms with Crippen molar-refractivity contribution in [1.29, 1.82) is 0 Å². The number of nitrogens with one attached hydrogen (secondary N) is 1. The van der Waals surface area contributed by atoms with E-state index >= 15 is 0 Å². The molecule has 0 bridgehead atoms. The second kappa shape index (κ2) is 3.14. The van der Waals surface area contributed by atoms with Crippen LogP contribution in [0, 0.1) is 5.41 Å². The van der Waals surface area contributed by atoms with Crippen LogP contribution in [0.4, 0.5) is 13.2 Å². The molecule has 14 heavy (non-hydrogen) atoms. The average Bonchev–Trinajstić information content (AvgIpc) is 2.78. The Bertz CT molecular complexity index is 270. The van der Waals surface area contributed by atoms with Crippen molar-refractivity contribution in [3.8, 4) is 0 Å². The molecule has 0 saturated heterocycles. The number of carboxylic acid groups (broad SMARTS) is 1. The van der Waals surface area contributed by atoms with Crippen molar-refractivity contribution in [2.45, 2.75) is 19.0 Å². The Morgan fingerprint density at radius 2 is 1.86 bits per heavy atom. The van der Waals surface area contributed by atoms with Gasteiger partial charge in [0.05, 0.1) is 0 Å². The Balaban J connectivity index is 2.48. The van der Waals surface area contributed by atoms with Crippen molar-refractivity contribution in [2.75, 3.05) is 6.54 Å². The molecule has 1 aliphatic carbocycles. The van der Waals surface area contributed by atoms with Gasteiger partial charge in [-0.05, 0) is 12.8 Å². The van der Waals surface area contributed by atoms with Gasteiger partial charge in [-0.15, -0.1) is 0 Å². The highest BCUT2D eigenvalue weighted by atomic mass is 19.4. The van der Waals surface area contributed by atoms with E-state index in [1.165, 1.54) is 0 Å². The van der Waals surface area contributed by atoms with Gasteiger partial charge in [0.15, 0.2) is 0 Å². The fraction of sp³-hybridized carbons (Fsp3) is 0.714. The number of carboxylic acids is 1. The first kappa shape index (κ1) is 10.8. The van der Waals surface area contributed by atoms with Crippen molar-refractivity contribution in [2.24, 2.45) is 5.41 Å². The zero-order valence-electron chi connectivity index (χ0n) is 7.02. The van der Waals surface area contributed by atoms with Crippen LogP contribution in [0.3, 0.4) is 0 Å². The third kappa shape index (κ3) is 2.15. The number of alkyl halides is 3. The highest BCUT2D eigenvalue weighted by Crippen LogP contribution is 2.46. The molecule has 1 rings (SSSR count). The van der Waals surface area contributed by atoms with Gasteiger partial charge in [-0.3, -0.25) is 9.59 Å². The highest BCUT2D eigenvalue weighted by Gasteiger charge is 2.57. The quantitative estimate of drug-likeness (QED) is 0.669. The van der Waals surface area contributed by atoms with E-state index in [9.17, 15) is 22.8 Å². The molecule has 0 heterocycles. The molecule has 80 valence electrons. The topological polar surface area (TPSA) is 66.4 Å². The summed E-state index contributed by atoms with van der Waals surface area (Å²) in [7, 11) is 0. The van der Waals surface area contributed by atoms with Crippen LogP contribution < -0.4 is 5.32 Å². The van der Waals surface area contributed by atoms with Crippen molar-refractivity contribution < 1.29 is 27.9 Å². The van der Waals surface area contributed by atoms with Crippen molar-refractivity contribution >= 4 is 11.9 Å². The molecule has 0 radical (unpaired) electrons. The molecule has 0 aliphatic heterocycles. The molecule has 0 aromatic rings. The summed E-state index contributed by atoms with van der Waals surface area (Å²) >= 11 is 0. The normalized spacial score (nSPS) is 18.8. The van der Waals surface area contributed by atoms with Gasteiger partial charge < -0.3 is 10.4 Å². The van der Waals surface area contributed by atoms with Gasteiger partial charge in [0.25, 0.3) is 0 Å². The largest absolute Gasteiger partial charge is 0.480 e. The van der Waals surface area contributed by atoms with E-state index in [0.717, 1.165) is 0 Å². The van der Waals surface area contributed by atoms with E-state index in [2.05, 4.69) is 0 Å². The van der Waals surface area contributed by atoms with Crippen LogP contribution in [0.15, 0.2) is 0 Å². The van der Waals surface area contributed by atoms with Crippen LogP contribution in [0.5, 0.6) is 0 Å². The monoisotopic (exact) mass is 211 g/mol. The van der Waals surface area contributed by atoms with Gasteiger partial charge in [0.2, 0.25) is 5.91 Å². The van der Waals surface area contributed by atoms with Gasteiger partial charge in [0.1, 0.15) is 12.0 Å². The first-order valence-corrected chi connectivity index (χ1v) is 3.86. The number of amides is 1. The molecule has 4 nitrogen and oxygen atoms in total. The molecule has 1 amide bonds. The molecular formula is C7H8F3NO3. The minimum Gasteiger partial charge on any atom is -0.480 e. The maximum atomic E-state index is 11.7. The molecule has 0 aromatic carbocycles. The average molecular weight is 211 g/mol. The standard InChI is InChI=1S/C7H8F3NO3/c8-7(9,10)3-11-4(12)6(1-2-6)5(13)14/h1-3H2,(H,11,12)(H,13,14). The Hall–Kier alpha value is -1.27. The predicted molar refractivity (Wildman–Crippen MR) is 38.4 cm³/mol. The van der Waals surface area contributed by atoms with Crippen molar-refractivity contribution in [3.63, 3.8) is 0 Å². The Labute approximate surface area is 77.1 Å². The van der Waals surface area contributed by atoms with E-state index in [1.807, 2.05) is 0 Å². The molecule has 1 fully saturated rings. The van der Waals surface area contributed by atoms with E-state index < -0.39 is 30.0 Å². The zero-order valence-corrected chi connectivity index (χ0v) is 7.02. The summed E-state index contributed by atoms with van der Waals surface area (Å²) in [6, 6.07) is 0. The maximum Gasteiger partial charge on any atom is 0.405 e. The van der Waals surface area contributed by atoms with E-state index in [4.69, 9.17) is 5.11 Å². The molecular weight excluding hydrogens is 203 g/mol. The van der Waals surface area contributed by atoms with Gasteiger partial charge in [0, 0.05) is 0 Å². The van der Waals surface area contributed by atoms with Crippen LogP contribution >= 0.6 is 0 Å². The first-order valence-electron chi connectivity index (χ1n) is 3.86. The summed E-state index contributed by atoms with van der Waals surface area (Å²) < 4.78 is 35.0. The smallest absolute Gasteiger partial charge is 0.405 e. The highest BCUT2D eigenvalue weighted by molar-refractivity contribution is 6.04. The Morgan fingerprint density at radius 1 is 1.36 bits per heavy atom. The summed E-state index contributed by atoms with van der Waals surface area (Å²) in [5, 5.41) is 10.1. The molecule has 1 saturated carbocycles. The number of rotatable bonds is 3. The summed E-state index contributed by atoms with van der Waals surface area (Å²) in [4.78, 5) is 21.5. The Morgan fingerprint density at radius 3 is 2.14 bits per heavy atom. The molecule has 1 aliphatic rings. The van der Waals surface area contributed by atoms with Crippen LogP contribution in [-0.2, 0) is 9.59 Å². The lowest BCUT2D eigenvalue weighted by Gasteiger charge is -2.12. The summed E-state index contributed by atoms with van der Waals surface area (Å²) in [5.41, 5.74) is -1.61. The van der Waals surface area contributed by atoms with Gasteiger partial charge in [-0.25, -0.2) is 0 Å². The number of hydrogen-bond donors (Lipinski definition) is 2.